The number of hydrogen-bond donors (Lipinski definition) is 1. The van der Waals surface area contributed by atoms with Crippen LogP contribution in [0.5, 0.6) is 0 Å². The molecular weight excluding hydrogens is 232 g/mol. The molecule has 2 nitrogen and oxygen atoms in total. The first-order valence-electron chi connectivity index (χ1n) is 6.22. The molecule has 94 valence electrons. The van der Waals surface area contributed by atoms with Gasteiger partial charge in [0.1, 0.15) is 0 Å². The van der Waals surface area contributed by atoms with E-state index in [1.807, 2.05) is 6.07 Å². The SMILES string of the molecule is CNC1(c2cccc(Cl)c2C)CCN(C)CC1. The van der Waals surface area contributed by atoms with Gasteiger partial charge in [-0.3, -0.25) is 0 Å². The second-order valence-electron chi connectivity index (χ2n) is 5.05. The zero-order valence-corrected chi connectivity index (χ0v) is 11.6. The van der Waals surface area contributed by atoms with Gasteiger partial charge in [-0.25, -0.2) is 0 Å². The van der Waals surface area contributed by atoms with Crippen LogP contribution in [0.4, 0.5) is 0 Å². The average Bonchev–Trinajstić information content (AvgIpc) is 2.35. The Hall–Kier alpha value is -0.570. The maximum Gasteiger partial charge on any atom is 0.0459 e. The second-order valence-corrected chi connectivity index (χ2v) is 5.45. The zero-order valence-electron chi connectivity index (χ0n) is 10.9. The first kappa shape index (κ1) is 12.9. The monoisotopic (exact) mass is 252 g/mol. The number of rotatable bonds is 2. The molecule has 0 aliphatic carbocycles. The van der Waals surface area contributed by atoms with Gasteiger partial charge in [-0.1, -0.05) is 23.7 Å². The minimum Gasteiger partial charge on any atom is -0.310 e. The zero-order chi connectivity index (χ0) is 12.5. The largest absolute Gasteiger partial charge is 0.310 e. The van der Waals surface area contributed by atoms with Crippen molar-refractivity contribution in [1.29, 1.82) is 0 Å². The molecule has 1 aromatic rings. The molecule has 17 heavy (non-hydrogen) atoms. The molecule has 0 bridgehead atoms. The van der Waals surface area contributed by atoms with Crippen LogP contribution in [0.15, 0.2) is 18.2 Å². The Morgan fingerprint density at radius 1 is 1.29 bits per heavy atom. The molecule has 0 atom stereocenters. The maximum absolute atomic E-state index is 6.24. The molecule has 1 aliphatic heterocycles. The summed E-state index contributed by atoms with van der Waals surface area (Å²) in [7, 11) is 4.25. The smallest absolute Gasteiger partial charge is 0.0459 e. The van der Waals surface area contributed by atoms with Gasteiger partial charge in [-0.05, 0) is 64.1 Å². The summed E-state index contributed by atoms with van der Waals surface area (Å²) in [5.74, 6) is 0. The van der Waals surface area contributed by atoms with Gasteiger partial charge in [0.2, 0.25) is 0 Å². The van der Waals surface area contributed by atoms with Gasteiger partial charge in [0.25, 0.3) is 0 Å². The van der Waals surface area contributed by atoms with Crippen molar-refractivity contribution in [3.8, 4) is 0 Å². The highest BCUT2D eigenvalue weighted by atomic mass is 35.5. The predicted octanol–water partition coefficient (Wildman–Crippen LogP) is 2.79. The fraction of sp³-hybridized carbons (Fsp3) is 0.571. The van der Waals surface area contributed by atoms with Gasteiger partial charge in [0, 0.05) is 10.6 Å². The molecule has 3 heteroatoms. The summed E-state index contributed by atoms with van der Waals surface area (Å²) in [6.45, 7) is 4.38. The van der Waals surface area contributed by atoms with Crippen LogP contribution >= 0.6 is 11.6 Å². The van der Waals surface area contributed by atoms with E-state index in [1.54, 1.807) is 0 Å². The quantitative estimate of drug-likeness (QED) is 0.871. The topological polar surface area (TPSA) is 15.3 Å². The molecule has 0 radical (unpaired) electrons. The van der Waals surface area contributed by atoms with E-state index in [-0.39, 0.29) is 5.54 Å². The Kier molecular flexibility index (Phi) is 3.76. The third kappa shape index (κ3) is 2.35. The minimum absolute atomic E-state index is 0.0987. The van der Waals surface area contributed by atoms with E-state index in [9.17, 15) is 0 Å². The van der Waals surface area contributed by atoms with Crippen molar-refractivity contribution in [2.45, 2.75) is 25.3 Å². The Morgan fingerprint density at radius 2 is 1.94 bits per heavy atom. The van der Waals surface area contributed by atoms with Gasteiger partial charge in [-0.15, -0.1) is 0 Å². The van der Waals surface area contributed by atoms with E-state index in [1.165, 1.54) is 11.1 Å². The summed E-state index contributed by atoms with van der Waals surface area (Å²) < 4.78 is 0. The second kappa shape index (κ2) is 4.97. The number of benzene rings is 1. The molecule has 0 amide bonds. The standard InChI is InChI=1S/C14H21ClN2/c1-11-12(5-4-6-13(11)15)14(16-2)7-9-17(3)10-8-14/h4-6,16H,7-10H2,1-3H3. The summed E-state index contributed by atoms with van der Waals surface area (Å²) in [5.41, 5.74) is 2.68. The molecule has 2 rings (SSSR count). The highest BCUT2D eigenvalue weighted by Crippen LogP contribution is 2.36. The molecule has 0 saturated carbocycles. The molecule has 1 N–H and O–H groups in total. The number of likely N-dealkylation sites (tertiary alicyclic amines) is 1. The number of nitrogens with zero attached hydrogens (tertiary/aromatic N) is 1. The molecule has 1 aliphatic rings. The lowest BCUT2D eigenvalue weighted by Gasteiger charge is -2.42. The van der Waals surface area contributed by atoms with E-state index >= 15 is 0 Å². The van der Waals surface area contributed by atoms with E-state index < -0.39 is 0 Å². The summed E-state index contributed by atoms with van der Waals surface area (Å²) in [4.78, 5) is 2.38. The van der Waals surface area contributed by atoms with Crippen molar-refractivity contribution in [2.24, 2.45) is 0 Å². The maximum atomic E-state index is 6.24. The predicted molar refractivity (Wildman–Crippen MR) is 73.7 cm³/mol. The summed E-state index contributed by atoms with van der Waals surface area (Å²) in [5, 5.41) is 4.41. The van der Waals surface area contributed by atoms with Crippen LogP contribution in [0, 0.1) is 6.92 Å². The summed E-state index contributed by atoms with van der Waals surface area (Å²) in [6.07, 6.45) is 2.28. The lowest BCUT2D eigenvalue weighted by atomic mass is 9.79. The Morgan fingerprint density at radius 3 is 2.53 bits per heavy atom. The first-order valence-corrected chi connectivity index (χ1v) is 6.60. The summed E-state index contributed by atoms with van der Waals surface area (Å²) >= 11 is 6.24. The Labute approximate surface area is 109 Å². The fourth-order valence-electron chi connectivity index (χ4n) is 2.78. The van der Waals surface area contributed by atoms with E-state index in [0.29, 0.717) is 0 Å². The van der Waals surface area contributed by atoms with Crippen LogP contribution in [-0.2, 0) is 5.54 Å². The fourth-order valence-corrected chi connectivity index (χ4v) is 2.95. The molecular formula is C14H21ClN2. The average molecular weight is 253 g/mol. The summed E-state index contributed by atoms with van der Waals surface area (Å²) in [6, 6.07) is 6.24. The molecule has 0 unspecified atom stereocenters. The van der Waals surface area contributed by atoms with Crippen molar-refractivity contribution < 1.29 is 0 Å². The molecule has 0 spiro atoms. The van der Waals surface area contributed by atoms with Gasteiger partial charge >= 0.3 is 0 Å². The third-order valence-corrected chi connectivity index (χ3v) is 4.51. The lowest BCUT2D eigenvalue weighted by Crippen LogP contribution is -2.49. The molecule has 0 aromatic heterocycles. The number of piperidine rings is 1. The van der Waals surface area contributed by atoms with Crippen LogP contribution in [0.2, 0.25) is 5.02 Å². The van der Waals surface area contributed by atoms with Gasteiger partial charge in [0.15, 0.2) is 0 Å². The van der Waals surface area contributed by atoms with Crippen molar-refractivity contribution in [3.05, 3.63) is 34.3 Å². The highest BCUT2D eigenvalue weighted by molar-refractivity contribution is 6.31. The van der Waals surface area contributed by atoms with Crippen LogP contribution < -0.4 is 5.32 Å². The molecule has 1 aromatic carbocycles. The van der Waals surface area contributed by atoms with Gasteiger partial charge in [0.05, 0.1) is 0 Å². The highest BCUT2D eigenvalue weighted by Gasteiger charge is 2.35. The van der Waals surface area contributed by atoms with Crippen molar-refractivity contribution in [2.75, 3.05) is 27.2 Å². The number of nitrogens with one attached hydrogen (secondary N) is 1. The van der Waals surface area contributed by atoms with Crippen LogP contribution in [0.1, 0.15) is 24.0 Å². The molecule has 1 saturated heterocycles. The Balaban J connectivity index is 2.38. The lowest BCUT2D eigenvalue weighted by molar-refractivity contribution is 0.164. The molecule has 1 heterocycles. The van der Waals surface area contributed by atoms with Crippen molar-refractivity contribution >= 4 is 11.6 Å². The van der Waals surface area contributed by atoms with Crippen LogP contribution in [-0.4, -0.2) is 32.1 Å². The van der Waals surface area contributed by atoms with Crippen molar-refractivity contribution in [1.82, 2.24) is 10.2 Å². The minimum atomic E-state index is 0.0987. The number of halogens is 1. The van der Waals surface area contributed by atoms with Gasteiger partial charge < -0.3 is 10.2 Å². The number of hydrogen-bond acceptors (Lipinski definition) is 2. The van der Waals surface area contributed by atoms with E-state index in [0.717, 1.165) is 31.0 Å². The van der Waals surface area contributed by atoms with Crippen LogP contribution in [0.3, 0.4) is 0 Å². The van der Waals surface area contributed by atoms with E-state index in [2.05, 4.69) is 43.4 Å². The van der Waals surface area contributed by atoms with Gasteiger partial charge in [-0.2, -0.15) is 0 Å². The normalized spacial score (nSPS) is 20.5. The van der Waals surface area contributed by atoms with Crippen LogP contribution in [0.25, 0.3) is 0 Å². The molecule has 1 fully saturated rings. The first-order chi connectivity index (χ1) is 8.09. The Bertz CT molecular complexity index is 395. The van der Waals surface area contributed by atoms with Crippen molar-refractivity contribution in [3.63, 3.8) is 0 Å². The van der Waals surface area contributed by atoms with E-state index in [4.69, 9.17) is 11.6 Å². The third-order valence-electron chi connectivity index (χ3n) is 4.10.